The molecule has 0 saturated carbocycles. The number of hydrogen-bond donors (Lipinski definition) is 1. The molecule has 1 aliphatic carbocycles. The zero-order valence-corrected chi connectivity index (χ0v) is 22.6. The van der Waals surface area contributed by atoms with Gasteiger partial charge in [0, 0.05) is 20.1 Å². The molecular weight excluding hydrogens is 516 g/mol. The number of anilines is 2. The summed E-state index contributed by atoms with van der Waals surface area (Å²) in [6.07, 6.45) is 8.19. The van der Waals surface area contributed by atoms with Gasteiger partial charge in [0.15, 0.2) is 6.04 Å². The van der Waals surface area contributed by atoms with Crippen LogP contribution in [0.2, 0.25) is 0 Å². The standard InChI is InChI=1S/C30H31ClN4O4/c1-20-13-14-21(17-25(20)31)18-32(2)29(38)35-24-15-16-26(35)27(28(36)37)33(19-24)30(39)34(22-9-5-3-6-10-22)23-11-7-4-8-12-23/h3-14,16-17,20,24-25,27H,15,18-19H2,1-2H3,(H,36,37)/t20?,24-,25?,27-/m0/s1. The highest BCUT2D eigenvalue weighted by Crippen LogP contribution is 2.37. The van der Waals surface area contributed by atoms with Gasteiger partial charge in [-0.1, -0.05) is 67.6 Å². The second-order valence-electron chi connectivity index (χ2n) is 10.1. The molecule has 0 radical (unpaired) electrons. The molecule has 9 heteroatoms. The summed E-state index contributed by atoms with van der Waals surface area (Å²) in [6, 6.07) is 15.8. The van der Waals surface area contributed by atoms with Crippen LogP contribution in [0.4, 0.5) is 21.0 Å². The lowest BCUT2D eigenvalue weighted by atomic mass is 9.98. The minimum absolute atomic E-state index is 0.0927. The minimum atomic E-state index is -1.30. The summed E-state index contributed by atoms with van der Waals surface area (Å²) < 4.78 is 0. The number of para-hydroxylation sites is 2. The summed E-state index contributed by atoms with van der Waals surface area (Å²) in [6.45, 7) is 2.47. The predicted octanol–water partition coefficient (Wildman–Crippen LogP) is 5.46. The number of hydrogen-bond acceptors (Lipinski definition) is 3. The minimum Gasteiger partial charge on any atom is -0.479 e. The van der Waals surface area contributed by atoms with Crippen molar-refractivity contribution in [2.24, 2.45) is 5.92 Å². The third-order valence-corrected chi connectivity index (χ3v) is 7.91. The average Bonchev–Trinajstić information content (AvgIpc) is 3.23. The lowest BCUT2D eigenvalue weighted by Crippen LogP contribution is -2.63. The summed E-state index contributed by atoms with van der Waals surface area (Å²) >= 11 is 6.39. The van der Waals surface area contributed by atoms with Crippen molar-refractivity contribution < 1.29 is 19.5 Å². The van der Waals surface area contributed by atoms with Gasteiger partial charge in [-0.2, -0.15) is 0 Å². The van der Waals surface area contributed by atoms with E-state index in [9.17, 15) is 19.5 Å². The molecule has 3 aliphatic rings. The highest BCUT2D eigenvalue weighted by molar-refractivity contribution is 6.22. The first-order chi connectivity index (χ1) is 18.8. The molecule has 8 nitrogen and oxygen atoms in total. The molecule has 4 atom stereocenters. The van der Waals surface area contributed by atoms with Gasteiger partial charge in [-0.3, -0.25) is 9.80 Å². The molecule has 2 unspecified atom stereocenters. The zero-order chi connectivity index (χ0) is 27.7. The van der Waals surface area contributed by atoms with Gasteiger partial charge in [0.2, 0.25) is 0 Å². The van der Waals surface area contributed by atoms with Crippen molar-refractivity contribution in [3.05, 3.63) is 96.2 Å². The Bertz CT molecular complexity index is 1300. The Hall–Kier alpha value is -4.04. The van der Waals surface area contributed by atoms with Gasteiger partial charge >= 0.3 is 18.0 Å². The number of rotatable bonds is 5. The SMILES string of the molecule is CC1C=CC(CN(C)C(=O)N2C3=CC[C@H]2CN(C(=O)N(c2ccccc2)c2ccccc2)[C@@H]3C(=O)O)=CC1Cl. The van der Waals surface area contributed by atoms with Crippen LogP contribution >= 0.6 is 11.6 Å². The number of allylic oxidation sites excluding steroid dienone is 2. The highest BCUT2D eigenvalue weighted by atomic mass is 35.5. The molecule has 1 N–H and O–H groups in total. The number of aliphatic carboxylic acids is 1. The predicted molar refractivity (Wildman–Crippen MR) is 151 cm³/mol. The number of amides is 4. The zero-order valence-electron chi connectivity index (χ0n) is 21.9. The highest BCUT2D eigenvalue weighted by Gasteiger charge is 2.50. The fourth-order valence-corrected chi connectivity index (χ4v) is 5.60. The van der Waals surface area contributed by atoms with Crippen LogP contribution in [0, 0.1) is 5.92 Å². The van der Waals surface area contributed by atoms with Gasteiger partial charge < -0.3 is 14.9 Å². The number of carboxylic acid groups (broad SMARTS) is 1. The number of nitrogens with zero attached hydrogens (tertiary/aromatic N) is 4. The fraction of sp³-hybridized carbons (Fsp3) is 0.300. The fourth-order valence-electron chi connectivity index (χ4n) is 5.35. The van der Waals surface area contributed by atoms with Crippen LogP contribution in [0.3, 0.4) is 0 Å². The van der Waals surface area contributed by atoms with E-state index in [4.69, 9.17) is 11.6 Å². The molecule has 1 fully saturated rings. The molecule has 5 rings (SSSR count). The first kappa shape index (κ1) is 26.6. The molecule has 2 aliphatic heterocycles. The quantitative estimate of drug-likeness (QED) is 0.504. The van der Waals surface area contributed by atoms with E-state index >= 15 is 0 Å². The van der Waals surface area contributed by atoms with Gasteiger partial charge in [0.1, 0.15) is 0 Å². The van der Waals surface area contributed by atoms with Gasteiger partial charge in [0.25, 0.3) is 0 Å². The maximum Gasteiger partial charge on any atom is 0.332 e. The molecule has 4 amide bonds. The Labute approximate surface area is 233 Å². The monoisotopic (exact) mass is 546 g/mol. The molecule has 0 aromatic heterocycles. The number of halogens is 1. The van der Waals surface area contributed by atoms with Crippen molar-refractivity contribution in [2.45, 2.75) is 30.8 Å². The lowest BCUT2D eigenvalue weighted by molar-refractivity contribution is -0.142. The Morgan fingerprint density at radius 1 is 1.00 bits per heavy atom. The van der Waals surface area contributed by atoms with E-state index < -0.39 is 18.0 Å². The molecule has 2 bridgehead atoms. The Morgan fingerprint density at radius 2 is 1.62 bits per heavy atom. The number of carboxylic acids is 1. The van der Waals surface area contributed by atoms with E-state index in [2.05, 4.69) is 0 Å². The van der Waals surface area contributed by atoms with Crippen LogP contribution in [0.15, 0.2) is 96.2 Å². The van der Waals surface area contributed by atoms with E-state index in [1.165, 1.54) is 9.80 Å². The van der Waals surface area contributed by atoms with E-state index in [0.29, 0.717) is 30.0 Å². The number of alkyl halides is 1. The van der Waals surface area contributed by atoms with Crippen LogP contribution in [0.25, 0.3) is 0 Å². The smallest absolute Gasteiger partial charge is 0.332 e. The Kier molecular flexibility index (Phi) is 7.48. The van der Waals surface area contributed by atoms with E-state index in [1.54, 1.807) is 22.9 Å². The molecular formula is C30H31ClN4O4. The molecule has 2 aromatic carbocycles. The van der Waals surface area contributed by atoms with E-state index in [1.807, 2.05) is 85.8 Å². The third kappa shape index (κ3) is 5.16. The summed E-state index contributed by atoms with van der Waals surface area (Å²) in [7, 11) is 1.69. The summed E-state index contributed by atoms with van der Waals surface area (Å²) in [5.74, 6) is -0.973. The summed E-state index contributed by atoms with van der Waals surface area (Å²) in [4.78, 5) is 46.3. The van der Waals surface area contributed by atoms with Crippen molar-refractivity contribution >= 4 is 41.0 Å². The number of benzene rings is 2. The summed E-state index contributed by atoms with van der Waals surface area (Å²) in [5.41, 5.74) is 2.49. The largest absolute Gasteiger partial charge is 0.479 e. The van der Waals surface area contributed by atoms with Crippen LogP contribution in [0.5, 0.6) is 0 Å². The normalized spacial score (nSPS) is 23.7. The van der Waals surface area contributed by atoms with E-state index in [-0.39, 0.29) is 29.9 Å². The van der Waals surface area contributed by atoms with Crippen LogP contribution in [-0.4, -0.2) is 75.4 Å². The summed E-state index contributed by atoms with van der Waals surface area (Å²) in [5, 5.41) is 10.2. The number of piperazine rings is 1. The van der Waals surface area contributed by atoms with Gasteiger partial charge in [-0.05, 0) is 42.2 Å². The number of carbonyl (C=O) groups excluding carboxylic acids is 2. The van der Waals surface area contributed by atoms with E-state index in [0.717, 1.165) is 5.57 Å². The van der Waals surface area contributed by atoms with Crippen molar-refractivity contribution in [3.63, 3.8) is 0 Å². The Morgan fingerprint density at radius 3 is 2.18 bits per heavy atom. The first-order valence-electron chi connectivity index (χ1n) is 13.0. The maximum absolute atomic E-state index is 14.1. The van der Waals surface area contributed by atoms with Crippen LogP contribution < -0.4 is 4.90 Å². The molecule has 1 saturated heterocycles. The molecule has 2 aromatic rings. The topological polar surface area (TPSA) is 84.4 Å². The molecule has 0 spiro atoms. The van der Waals surface area contributed by atoms with Gasteiger partial charge in [-0.15, -0.1) is 11.6 Å². The third-order valence-electron chi connectivity index (χ3n) is 7.38. The second-order valence-corrected chi connectivity index (χ2v) is 10.6. The van der Waals surface area contributed by atoms with Crippen LogP contribution in [-0.2, 0) is 4.79 Å². The average molecular weight is 547 g/mol. The lowest BCUT2D eigenvalue weighted by Gasteiger charge is -2.45. The van der Waals surface area contributed by atoms with Crippen molar-refractivity contribution in [3.8, 4) is 0 Å². The molecule has 2 heterocycles. The van der Waals surface area contributed by atoms with Crippen molar-refractivity contribution in [1.29, 1.82) is 0 Å². The maximum atomic E-state index is 14.1. The second kappa shape index (κ2) is 11.0. The number of likely N-dealkylation sites (N-methyl/N-ethyl adjacent to an activating group) is 1. The first-order valence-corrected chi connectivity index (χ1v) is 13.4. The van der Waals surface area contributed by atoms with Gasteiger partial charge in [-0.25, -0.2) is 14.4 Å². The van der Waals surface area contributed by atoms with Crippen molar-refractivity contribution in [1.82, 2.24) is 14.7 Å². The number of urea groups is 2. The molecule has 39 heavy (non-hydrogen) atoms. The Balaban J connectivity index is 1.41. The van der Waals surface area contributed by atoms with Crippen LogP contribution in [0.1, 0.15) is 13.3 Å². The molecule has 202 valence electrons. The number of fused-ring (bicyclic) bond motifs is 2. The number of carbonyl (C=O) groups is 3. The van der Waals surface area contributed by atoms with Crippen molar-refractivity contribution in [2.75, 3.05) is 25.0 Å². The van der Waals surface area contributed by atoms with Gasteiger partial charge in [0.05, 0.1) is 28.5 Å².